The van der Waals surface area contributed by atoms with Gasteiger partial charge in [0.2, 0.25) is 0 Å². The fourth-order valence-corrected chi connectivity index (χ4v) is 1.68. The molecule has 0 aliphatic carbocycles. The van der Waals surface area contributed by atoms with Crippen LogP contribution >= 0.6 is 0 Å². The Labute approximate surface area is 96.5 Å². The molecule has 1 heteroatoms. The largest absolute Gasteiger partial charge is 0.257 e. The van der Waals surface area contributed by atoms with Gasteiger partial charge >= 0.3 is 0 Å². The number of allylic oxidation sites excluding steroid dienone is 1. The van der Waals surface area contributed by atoms with Crippen LogP contribution < -0.4 is 0 Å². The topological polar surface area (TPSA) is 12.9 Å². The van der Waals surface area contributed by atoms with Crippen LogP contribution in [0.25, 0.3) is 11.6 Å². The molecule has 1 aromatic carbocycles. The van der Waals surface area contributed by atoms with E-state index in [4.69, 9.17) is 0 Å². The number of pyridine rings is 1. The predicted molar refractivity (Wildman–Crippen MR) is 68.8 cm³/mol. The highest BCUT2D eigenvalue weighted by Gasteiger charge is 1.98. The van der Waals surface area contributed by atoms with Gasteiger partial charge in [-0.2, -0.15) is 0 Å². The normalized spacial score (nSPS) is 11.4. The maximum absolute atomic E-state index is 4.32. The van der Waals surface area contributed by atoms with E-state index in [-0.39, 0.29) is 0 Å². The molecule has 0 saturated carbocycles. The zero-order valence-electron chi connectivity index (χ0n) is 9.43. The lowest BCUT2D eigenvalue weighted by atomic mass is 10.0. The van der Waals surface area contributed by atoms with E-state index in [1.165, 1.54) is 11.1 Å². The van der Waals surface area contributed by atoms with Crippen molar-refractivity contribution in [1.82, 2.24) is 4.98 Å². The Hall–Kier alpha value is -1.89. The van der Waals surface area contributed by atoms with Crippen molar-refractivity contribution in [2.75, 3.05) is 0 Å². The second-order valence-corrected chi connectivity index (χ2v) is 3.64. The first-order valence-corrected chi connectivity index (χ1v) is 5.57. The van der Waals surface area contributed by atoms with E-state index >= 15 is 0 Å². The van der Waals surface area contributed by atoms with Gasteiger partial charge in [-0.15, -0.1) is 0 Å². The smallest absolute Gasteiger partial charge is 0.0632 e. The number of benzene rings is 1. The standard InChI is InChI=1S/C15H15N/c1-2-13(14-8-4-3-5-9-14)12-15-10-6-7-11-16-15/h3-12H,2H2,1H3/b13-12-. The molecule has 2 rings (SSSR count). The molecule has 1 nitrogen and oxygen atoms in total. The average molecular weight is 209 g/mol. The van der Waals surface area contributed by atoms with Crippen LogP contribution in [0.5, 0.6) is 0 Å². The zero-order chi connectivity index (χ0) is 11.2. The van der Waals surface area contributed by atoms with E-state index < -0.39 is 0 Å². The average Bonchev–Trinajstić information content (AvgIpc) is 2.38. The fourth-order valence-electron chi connectivity index (χ4n) is 1.68. The van der Waals surface area contributed by atoms with Crippen molar-refractivity contribution in [3.63, 3.8) is 0 Å². The van der Waals surface area contributed by atoms with Gasteiger partial charge in [0.15, 0.2) is 0 Å². The third-order valence-corrected chi connectivity index (χ3v) is 2.54. The summed E-state index contributed by atoms with van der Waals surface area (Å²) in [6.45, 7) is 2.17. The predicted octanol–water partition coefficient (Wildman–Crippen LogP) is 4.03. The van der Waals surface area contributed by atoms with Gasteiger partial charge in [0.05, 0.1) is 5.69 Å². The van der Waals surface area contributed by atoms with Gasteiger partial charge in [-0.25, -0.2) is 0 Å². The van der Waals surface area contributed by atoms with Gasteiger partial charge in [-0.05, 0) is 35.8 Å². The minimum atomic E-state index is 1.01. The summed E-state index contributed by atoms with van der Waals surface area (Å²) >= 11 is 0. The van der Waals surface area contributed by atoms with E-state index in [1.807, 2.05) is 30.5 Å². The molecule has 0 bridgehead atoms. The van der Waals surface area contributed by atoms with Gasteiger partial charge < -0.3 is 0 Å². The molecule has 0 aliphatic heterocycles. The summed E-state index contributed by atoms with van der Waals surface area (Å²) < 4.78 is 0. The number of rotatable bonds is 3. The molecular weight excluding hydrogens is 194 g/mol. The molecule has 80 valence electrons. The van der Waals surface area contributed by atoms with Gasteiger partial charge in [0.25, 0.3) is 0 Å². The molecule has 0 radical (unpaired) electrons. The monoisotopic (exact) mass is 209 g/mol. The Morgan fingerprint density at radius 3 is 2.44 bits per heavy atom. The summed E-state index contributed by atoms with van der Waals surface area (Å²) in [4.78, 5) is 4.32. The van der Waals surface area contributed by atoms with Crippen molar-refractivity contribution in [2.24, 2.45) is 0 Å². The Kier molecular flexibility index (Phi) is 3.50. The van der Waals surface area contributed by atoms with Crippen molar-refractivity contribution in [3.05, 3.63) is 66.0 Å². The molecule has 1 aromatic heterocycles. The molecule has 0 fully saturated rings. The van der Waals surface area contributed by atoms with Gasteiger partial charge in [0.1, 0.15) is 0 Å². The van der Waals surface area contributed by atoms with Crippen LogP contribution in [0.4, 0.5) is 0 Å². The van der Waals surface area contributed by atoms with Crippen molar-refractivity contribution in [1.29, 1.82) is 0 Å². The molecule has 0 spiro atoms. The molecule has 0 unspecified atom stereocenters. The molecular formula is C15H15N. The molecule has 0 N–H and O–H groups in total. The Balaban J connectivity index is 2.34. The molecule has 2 aromatic rings. The zero-order valence-corrected chi connectivity index (χ0v) is 9.43. The fraction of sp³-hybridized carbons (Fsp3) is 0.133. The summed E-state index contributed by atoms with van der Waals surface area (Å²) in [5.74, 6) is 0. The van der Waals surface area contributed by atoms with Crippen molar-refractivity contribution in [2.45, 2.75) is 13.3 Å². The van der Waals surface area contributed by atoms with Gasteiger partial charge in [-0.1, -0.05) is 43.3 Å². The quantitative estimate of drug-likeness (QED) is 0.743. The van der Waals surface area contributed by atoms with Crippen molar-refractivity contribution >= 4 is 11.6 Å². The minimum Gasteiger partial charge on any atom is -0.257 e. The minimum absolute atomic E-state index is 1.01. The Morgan fingerprint density at radius 2 is 1.81 bits per heavy atom. The highest BCUT2D eigenvalue weighted by Crippen LogP contribution is 2.19. The Morgan fingerprint density at radius 1 is 1.06 bits per heavy atom. The molecule has 1 heterocycles. The van der Waals surface area contributed by atoms with Crippen LogP contribution in [0.3, 0.4) is 0 Å². The molecule has 0 atom stereocenters. The first kappa shape index (κ1) is 10.6. The number of nitrogens with zero attached hydrogens (tertiary/aromatic N) is 1. The summed E-state index contributed by atoms with van der Waals surface area (Å²) in [6.07, 6.45) is 4.99. The summed E-state index contributed by atoms with van der Waals surface area (Å²) in [5.41, 5.74) is 3.61. The maximum Gasteiger partial charge on any atom is 0.0632 e. The van der Waals surface area contributed by atoms with Crippen molar-refractivity contribution in [3.8, 4) is 0 Å². The van der Waals surface area contributed by atoms with Crippen LogP contribution in [0, 0.1) is 0 Å². The van der Waals surface area contributed by atoms with Gasteiger partial charge in [-0.3, -0.25) is 4.98 Å². The summed E-state index contributed by atoms with van der Waals surface area (Å²) in [5, 5.41) is 0. The Bertz CT molecular complexity index is 457. The summed E-state index contributed by atoms with van der Waals surface area (Å²) in [7, 11) is 0. The number of aromatic nitrogens is 1. The third kappa shape index (κ3) is 2.57. The maximum atomic E-state index is 4.32. The molecule has 0 amide bonds. The number of hydrogen-bond acceptors (Lipinski definition) is 1. The highest BCUT2D eigenvalue weighted by molar-refractivity contribution is 5.80. The highest BCUT2D eigenvalue weighted by atomic mass is 14.6. The number of hydrogen-bond donors (Lipinski definition) is 0. The lowest BCUT2D eigenvalue weighted by molar-refractivity contribution is 1.23. The van der Waals surface area contributed by atoms with E-state index in [0.29, 0.717) is 0 Å². The van der Waals surface area contributed by atoms with Crippen LogP contribution in [0.15, 0.2) is 54.7 Å². The SMILES string of the molecule is CC/C(=C/c1ccccn1)c1ccccc1. The lowest BCUT2D eigenvalue weighted by Gasteiger charge is -2.04. The second kappa shape index (κ2) is 5.26. The first-order chi connectivity index (χ1) is 7.90. The first-order valence-electron chi connectivity index (χ1n) is 5.57. The van der Waals surface area contributed by atoms with Crippen LogP contribution in [-0.2, 0) is 0 Å². The van der Waals surface area contributed by atoms with E-state index in [2.05, 4.69) is 42.2 Å². The van der Waals surface area contributed by atoms with Crippen molar-refractivity contribution < 1.29 is 0 Å². The second-order valence-electron chi connectivity index (χ2n) is 3.64. The third-order valence-electron chi connectivity index (χ3n) is 2.54. The van der Waals surface area contributed by atoms with E-state index in [0.717, 1.165) is 12.1 Å². The van der Waals surface area contributed by atoms with E-state index in [9.17, 15) is 0 Å². The van der Waals surface area contributed by atoms with Crippen LogP contribution in [-0.4, -0.2) is 4.98 Å². The van der Waals surface area contributed by atoms with Crippen LogP contribution in [0.2, 0.25) is 0 Å². The lowest BCUT2D eigenvalue weighted by Crippen LogP contribution is -1.84. The molecule has 16 heavy (non-hydrogen) atoms. The summed E-state index contributed by atoms with van der Waals surface area (Å²) in [6, 6.07) is 16.4. The van der Waals surface area contributed by atoms with E-state index in [1.54, 1.807) is 0 Å². The van der Waals surface area contributed by atoms with Crippen LogP contribution in [0.1, 0.15) is 24.6 Å². The molecule has 0 aliphatic rings. The van der Waals surface area contributed by atoms with Gasteiger partial charge in [0, 0.05) is 6.20 Å². The molecule has 0 saturated heterocycles.